The summed E-state index contributed by atoms with van der Waals surface area (Å²) in [6, 6.07) is 87.2. The standard InChI is InChI=1S/C64H40N2/c1-4-16-40(17-5-1)65-41-30-32-57-59(38-41)63(55-36-34-53-47-24-12-10-22-45(47)49-26-14-28-51(55)61(49)53)58-33-31-44(66(42-18-6-2-7-19-42)43-20-8-3-9-21-43)39-60(58)64(57)56-37-35-54-48-25-13-11-23-46(48)50-27-15-29-52(56)62(50)54/h1-39,65H. The number of fused-ring (bicyclic) bond motifs is 8. The van der Waals surface area contributed by atoms with E-state index in [-0.39, 0.29) is 0 Å². The number of nitrogens with zero attached hydrogens (tertiary/aromatic N) is 1. The van der Waals surface area contributed by atoms with Gasteiger partial charge < -0.3 is 10.2 Å². The van der Waals surface area contributed by atoms with Crippen LogP contribution in [0.5, 0.6) is 0 Å². The highest BCUT2D eigenvalue weighted by Gasteiger charge is 2.28. The van der Waals surface area contributed by atoms with Crippen LogP contribution in [0, 0.1) is 0 Å². The van der Waals surface area contributed by atoms with Crippen molar-refractivity contribution in [2.75, 3.05) is 10.2 Å². The van der Waals surface area contributed by atoms with Crippen molar-refractivity contribution >= 4 is 71.5 Å². The van der Waals surface area contributed by atoms with E-state index in [2.05, 4.69) is 247 Å². The third kappa shape index (κ3) is 5.42. The van der Waals surface area contributed by atoms with E-state index in [1.807, 2.05) is 0 Å². The van der Waals surface area contributed by atoms with E-state index in [4.69, 9.17) is 0 Å². The van der Waals surface area contributed by atoms with Gasteiger partial charge >= 0.3 is 0 Å². The van der Waals surface area contributed by atoms with E-state index in [0.717, 1.165) is 28.4 Å². The van der Waals surface area contributed by atoms with E-state index in [0.29, 0.717) is 0 Å². The van der Waals surface area contributed by atoms with Gasteiger partial charge in [-0.3, -0.25) is 0 Å². The van der Waals surface area contributed by atoms with Gasteiger partial charge in [0.25, 0.3) is 0 Å². The minimum Gasteiger partial charge on any atom is -0.356 e. The largest absolute Gasteiger partial charge is 0.356 e. The van der Waals surface area contributed by atoms with Crippen molar-refractivity contribution in [3.63, 3.8) is 0 Å². The van der Waals surface area contributed by atoms with Gasteiger partial charge in [-0.15, -0.1) is 0 Å². The molecule has 2 aliphatic carbocycles. The van der Waals surface area contributed by atoms with Crippen LogP contribution >= 0.6 is 0 Å². The van der Waals surface area contributed by atoms with E-state index in [1.54, 1.807) is 0 Å². The lowest BCUT2D eigenvalue weighted by Crippen LogP contribution is -2.09. The summed E-state index contributed by atoms with van der Waals surface area (Å²) >= 11 is 0. The molecule has 0 heterocycles. The second-order valence-corrected chi connectivity index (χ2v) is 17.6. The number of para-hydroxylation sites is 3. The molecule has 0 bridgehead atoms. The average molecular weight is 837 g/mol. The summed E-state index contributed by atoms with van der Waals surface area (Å²) in [6.45, 7) is 0. The maximum atomic E-state index is 3.78. The quantitative estimate of drug-likeness (QED) is 0.161. The van der Waals surface area contributed by atoms with Crippen LogP contribution in [0.25, 0.3) is 110 Å². The van der Waals surface area contributed by atoms with Crippen LogP contribution in [0.3, 0.4) is 0 Å². The molecule has 0 saturated heterocycles. The molecule has 0 saturated carbocycles. The zero-order valence-corrected chi connectivity index (χ0v) is 36.0. The summed E-state index contributed by atoms with van der Waals surface area (Å²) < 4.78 is 0. The van der Waals surface area contributed by atoms with Crippen molar-refractivity contribution in [1.82, 2.24) is 0 Å². The number of nitrogens with one attached hydrogen (secondary N) is 1. The minimum absolute atomic E-state index is 1.05. The Hall–Kier alpha value is -8.72. The number of anilines is 5. The first kappa shape index (κ1) is 36.7. The Morgan fingerprint density at radius 2 is 0.636 bits per heavy atom. The molecule has 0 amide bonds. The minimum atomic E-state index is 1.05. The van der Waals surface area contributed by atoms with Gasteiger partial charge in [-0.05, 0) is 171 Å². The normalized spacial score (nSPS) is 11.9. The van der Waals surface area contributed by atoms with E-state index in [9.17, 15) is 0 Å². The van der Waals surface area contributed by atoms with Crippen LogP contribution in [0.1, 0.15) is 0 Å². The Bertz CT molecular complexity index is 3850. The summed E-state index contributed by atoms with van der Waals surface area (Å²) in [5.74, 6) is 0. The van der Waals surface area contributed by atoms with Crippen LogP contribution in [-0.2, 0) is 0 Å². The lowest BCUT2D eigenvalue weighted by atomic mass is 9.82. The van der Waals surface area contributed by atoms with Crippen molar-refractivity contribution in [3.05, 3.63) is 237 Å². The van der Waals surface area contributed by atoms with Crippen LogP contribution in [-0.4, -0.2) is 0 Å². The lowest BCUT2D eigenvalue weighted by Gasteiger charge is -2.27. The van der Waals surface area contributed by atoms with Crippen molar-refractivity contribution in [3.8, 4) is 66.8 Å². The molecule has 66 heavy (non-hydrogen) atoms. The molecule has 0 unspecified atom stereocenters. The second-order valence-electron chi connectivity index (χ2n) is 17.6. The zero-order valence-electron chi connectivity index (χ0n) is 36.0. The van der Waals surface area contributed by atoms with E-state index < -0.39 is 0 Å². The summed E-state index contributed by atoms with van der Waals surface area (Å²) in [5.41, 5.74) is 20.7. The first-order valence-corrected chi connectivity index (χ1v) is 22.8. The highest BCUT2D eigenvalue weighted by molar-refractivity contribution is 6.29. The Labute approximate surface area is 383 Å². The van der Waals surface area contributed by atoms with Gasteiger partial charge in [-0.2, -0.15) is 0 Å². The highest BCUT2D eigenvalue weighted by Crippen LogP contribution is 2.55. The molecule has 0 spiro atoms. The van der Waals surface area contributed by atoms with Gasteiger partial charge in [0, 0.05) is 28.4 Å². The van der Waals surface area contributed by atoms with Crippen molar-refractivity contribution in [2.45, 2.75) is 0 Å². The van der Waals surface area contributed by atoms with Gasteiger partial charge in [0.05, 0.1) is 0 Å². The molecule has 306 valence electrons. The molecule has 2 heteroatoms. The highest BCUT2D eigenvalue weighted by atomic mass is 15.1. The molecule has 14 rings (SSSR count). The Morgan fingerprint density at radius 1 is 0.227 bits per heavy atom. The molecule has 0 aromatic heterocycles. The molecular formula is C64H40N2. The zero-order chi connectivity index (χ0) is 43.3. The third-order valence-electron chi connectivity index (χ3n) is 14.1. The van der Waals surface area contributed by atoms with Gasteiger partial charge in [-0.1, -0.05) is 176 Å². The first-order valence-electron chi connectivity index (χ1n) is 22.8. The number of benzene rings is 12. The van der Waals surface area contributed by atoms with Gasteiger partial charge in [0.15, 0.2) is 0 Å². The number of rotatable bonds is 7. The van der Waals surface area contributed by atoms with Crippen LogP contribution in [0.4, 0.5) is 28.4 Å². The Balaban J connectivity index is 1.13. The topological polar surface area (TPSA) is 15.3 Å². The van der Waals surface area contributed by atoms with E-state index in [1.165, 1.54) is 110 Å². The summed E-state index contributed by atoms with van der Waals surface area (Å²) in [7, 11) is 0. The molecule has 0 aliphatic heterocycles. The maximum Gasteiger partial charge on any atom is 0.0468 e. The molecular weight excluding hydrogens is 797 g/mol. The SMILES string of the molecule is c1ccc(Nc2ccc3c(-c4ccc5c6c(cccc46)-c4ccccc4-5)c4cc(N(c5ccccc5)c5ccccc5)ccc4c(-c4ccc5c6c(cccc46)-c4ccccc4-5)c3c2)cc1. The lowest BCUT2D eigenvalue weighted by molar-refractivity contribution is 1.29. The molecule has 0 fully saturated rings. The Kier molecular flexibility index (Phi) is 8.02. The Morgan fingerprint density at radius 3 is 1.15 bits per heavy atom. The molecule has 12 aromatic rings. The van der Waals surface area contributed by atoms with Gasteiger partial charge in [0.1, 0.15) is 0 Å². The average Bonchev–Trinajstić information content (AvgIpc) is 3.89. The van der Waals surface area contributed by atoms with Crippen molar-refractivity contribution in [2.24, 2.45) is 0 Å². The predicted octanol–water partition coefficient (Wildman–Crippen LogP) is 18.1. The number of hydrogen-bond acceptors (Lipinski definition) is 2. The predicted molar refractivity (Wildman–Crippen MR) is 281 cm³/mol. The van der Waals surface area contributed by atoms with Crippen molar-refractivity contribution in [1.29, 1.82) is 0 Å². The third-order valence-corrected chi connectivity index (χ3v) is 14.1. The molecule has 2 nitrogen and oxygen atoms in total. The van der Waals surface area contributed by atoms with Crippen LogP contribution in [0.15, 0.2) is 237 Å². The van der Waals surface area contributed by atoms with Crippen LogP contribution in [0.2, 0.25) is 0 Å². The van der Waals surface area contributed by atoms with Gasteiger partial charge in [0.2, 0.25) is 0 Å². The smallest absolute Gasteiger partial charge is 0.0468 e. The molecule has 0 atom stereocenters. The molecule has 0 radical (unpaired) electrons. The summed E-state index contributed by atoms with van der Waals surface area (Å²) in [4.78, 5) is 2.39. The maximum absolute atomic E-state index is 3.78. The van der Waals surface area contributed by atoms with Crippen LogP contribution < -0.4 is 10.2 Å². The fourth-order valence-corrected chi connectivity index (χ4v) is 11.4. The molecule has 2 aliphatic rings. The molecule has 12 aromatic carbocycles. The summed E-state index contributed by atoms with van der Waals surface area (Å²) in [5, 5.41) is 13.8. The summed E-state index contributed by atoms with van der Waals surface area (Å²) in [6.07, 6.45) is 0. The first-order chi connectivity index (χ1) is 32.8. The molecule has 1 N–H and O–H groups in total. The fourth-order valence-electron chi connectivity index (χ4n) is 11.4. The fraction of sp³-hybridized carbons (Fsp3) is 0. The second kappa shape index (κ2) is 14.4. The van der Waals surface area contributed by atoms with Crippen molar-refractivity contribution < 1.29 is 0 Å². The number of hydrogen-bond donors (Lipinski definition) is 1. The van der Waals surface area contributed by atoms with E-state index >= 15 is 0 Å². The monoisotopic (exact) mass is 836 g/mol. The van der Waals surface area contributed by atoms with Gasteiger partial charge in [-0.25, -0.2) is 0 Å².